The summed E-state index contributed by atoms with van der Waals surface area (Å²) in [4.78, 5) is 23.0. The molecule has 0 saturated heterocycles. The maximum atomic E-state index is 12.0. The van der Waals surface area contributed by atoms with Crippen molar-refractivity contribution in [2.75, 3.05) is 0 Å². The summed E-state index contributed by atoms with van der Waals surface area (Å²) in [6, 6.07) is 5.84. The van der Waals surface area contributed by atoms with Gasteiger partial charge in [-0.05, 0) is 51.3 Å². The van der Waals surface area contributed by atoms with E-state index >= 15 is 0 Å². The number of amides is 1. The summed E-state index contributed by atoms with van der Waals surface area (Å²) in [6.45, 7) is 9.07. The van der Waals surface area contributed by atoms with E-state index in [4.69, 9.17) is 5.11 Å². The van der Waals surface area contributed by atoms with Gasteiger partial charge >= 0.3 is 5.97 Å². The van der Waals surface area contributed by atoms with Crippen LogP contribution in [0.3, 0.4) is 0 Å². The van der Waals surface area contributed by atoms with E-state index in [0.29, 0.717) is 0 Å². The number of aryl methyl sites for hydroxylation is 1. The zero-order valence-electron chi connectivity index (χ0n) is 12.8. The first-order valence-corrected chi connectivity index (χ1v) is 6.74. The Hall–Kier alpha value is -1.84. The highest BCUT2D eigenvalue weighted by Gasteiger charge is 2.30. The van der Waals surface area contributed by atoms with Gasteiger partial charge in [0.05, 0.1) is 11.5 Å². The molecule has 0 saturated carbocycles. The Bertz CT molecular complexity index is 520. The molecule has 0 fully saturated rings. The lowest BCUT2D eigenvalue weighted by molar-refractivity contribution is -0.149. The topological polar surface area (TPSA) is 66.4 Å². The third-order valence-electron chi connectivity index (χ3n) is 3.67. The Balaban J connectivity index is 2.76. The van der Waals surface area contributed by atoms with Crippen molar-refractivity contribution >= 4 is 11.9 Å². The van der Waals surface area contributed by atoms with Gasteiger partial charge in [0.15, 0.2) is 0 Å². The summed E-state index contributed by atoms with van der Waals surface area (Å²) in [6.07, 6.45) is -0.0302. The van der Waals surface area contributed by atoms with Gasteiger partial charge in [-0.25, -0.2) is 0 Å². The molecule has 1 aromatic rings. The van der Waals surface area contributed by atoms with Gasteiger partial charge in [-0.1, -0.05) is 18.2 Å². The fourth-order valence-electron chi connectivity index (χ4n) is 2.09. The SMILES string of the molecule is Cc1cccc(C(C)NC(=O)CC(C)(C)C(=O)O)c1C. The quantitative estimate of drug-likeness (QED) is 0.869. The van der Waals surface area contributed by atoms with Crippen LogP contribution in [-0.2, 0) is 9.59 Å². The molecule has 0 bridgehead atoms. The summed E-state index contributed by atoms with van der Waals surface area (Å²) in [5.74, 6) is -1.21. The first-order chi connectivity index (χ1) is 9.15. The minimum absolute atomic E-state index is 0.0302. The minimum atomic E-state index is -1.05. The van der Waals surface area contributed by atoms with Crippen LogP contribution in [0.5, 0.6) is 0 Å². The average molecular weight is 277 g/mol. The lowest BCUT2D eigenvalue weighted by atomic mass is 9.89. The maximum Gasteiger partial charge on any atom is 0.309 e. The van der Waals surface area contributed by atoms with E-state index in [9.17, 15) is 9.59 Å². The number of hydrogen-bond donors (Lipinski definition) is 2. The van der Waals surface area contributed by atoms with Gasteiger partial charge in [0.2, 0.25) is 5.91 Å². The first kappa shape index (κ1) is 16.2. The number of carbonyl (C=O) groups excluding carboxylic acids is 1. The maximum absolute atomic E-state index is 12.0. The molecular weight excluding hydrogens is 254 g/mol. The van der Waals surface area contributed by atoms with Crippen molar-refractivity contribution in [3.8, 4) is 0 Å². The van der Waals surface area contributed by atoms with Crippen LogP contribution in [0.2, 0.25) is 0 Å². The molecule has 110 valence electrons. The zero-order chi connectivity index (χ0) is 15.5. The van der Waals surface area contributed by atoms with Gasteiger partial charge < -0.3 is 10.4 Å². The van der Waals surface area contributed by atoms with Crippen molar-refractivity contribution in [1.82, 2.24) is 5.32 Å². The zero-order valence-corrected chi connectivity index (χ0v) is 12.8. The highest BCUT2D eigenvalue weighted by molar-refractivity contribution is 5.84. The monoisotopic (exact) mass is 277 g/mol. The number of hydrogen-bond acceptors (Lipinski definition) is 2. The average Bonchev–Trinajstić information content (AvgIpc) is 2.31. The molecule has 20 heavy (non-hydrogen) atoms. The smallest absolute Gasteiger partial charge is 0.309 e. The molecule has 1 aromatic carbocycles. The van der Waals surface area contributed by atoms with Crippen LogP contribution in [0.1, 0.15) is 49.9 Å². The highest BCUT2D eigenvalue weighted by Crippen LogP contribution is 2.23. The van der Waals surface area contributed by atoms with E-state index < -0.39 is 11.4 Å². The van der Waals surface area contributed by atoms with Crippen LogP contribution in [0.4, 0.5) is 0 Å². The number of carboxylic acids is 1. The molecule has 1 unspecified atom stereocenters. The third-order valence-corrected chi connectivity index (χ3v) is 3.67. The Labute approximate surface area is 120 Å². The normalized spacial score (nSPS) is 12.8. The van der Waals surface area contributed by atoms with Crippen molar-refractivity contribution in [2.45, 2.75) is 47.1 Å². The minimum Gasteiger partial charge on any atom is -0.481 e. The number of nitrogens with one attached hydrogen (secondary N) is 1. The van der Waals surface area contributed by atoms with E-state index in [0.717, 1.165) is 11.1 Å². The largest absolute Gasteiger partial charge is 0.481 e. The van der Waals surface area contributed by atoms with E-state index in [1.54, 1.807) is 13.8 Å². The van der Waals surface area contributed by atoms with Gasteiger partial charge in [0.1, 0.15) is 0 Å². The number of carboxylic acid groups (broad SMARTS) is 1. The molecule has 1 amide bonds. The summed E-state index contributed by atoms with van der Waals surface area (Å²) in [5, 5.41) is 11.9. The standard InChI is InChI=1S/C16H23NO3/c1-10-7-6-8-13(11(10)2)12(3)17-14(18)9-16(4,5)15(19)20/h6-8,12H,9H2,1-5H3,(H,17,18)(H,19,20). The van der Waals surface area contributed by atoms with Gasteiger partial charge in [0.25, 0.3) is 0 Å². The molecule has 4 nitrogen and oxygen atoms in total. The molecule has 0 aliphatic rings. The van der Waals surface area contributed by atoms with E-state index in [-0.39, 0.29) is 18.4 Å². The van der Waals surface area contributed by atoms with Crippen molar-refractivity contribution in [3.63, 3.8) is 0 Å². The Kier molecular flexibility index (Phi) is 4.93. The number of aliphatic carboxylic acids is 1. The second-order valence-electron chi connectivity index (χ2n) is 5.94. The predicted molar refractivity (Wildman–Crippen MR) is 78.5 cm³/mol. The Morgan fingerprint density at radius 2 is 1.90 bits per heavy atom. The number of carbonyl (C=O) groups is 2. The molecule has 0 heterocycles. The molecule has 0 radical (unpaired) electrons. The molecular formula is C16H23NO3. The van der Waals surface area contributed by atoms with E-state index in [1.807, 2.05) is 39.0 Å². The molecule has 1 rings (SSSR count). The predicted octanol–water partition coefficient (Wildman–Crippen LogP) is 2.98. The second-order valence-corrected chi connectivity index (χ2v) is 5.94. The molecule has 4 heteroatoms. The van der Waals surface area contributed by atoms with Crippen molar-refractivity contribution in [3.05, 3.63) is 34.9 Å². The van der Waals surface area contributed by atoms with Gasteiger partial charge in [-0.3, -0.25) is 9.59 Å². The van der Waals surface area contributed by atoms with E-state index in [2.05, 4.69) is 5.32 Å². The van der Waals surface area contributed by atoms with Crippen LogP contribution in [-0.4, -0.2) is 17.0 Å². The molecule has 1 atom stereocenters. The highest BCUT2D eigenvalue weighted by atomic mass is 16.4. The molecule has 0 spiro atoms. The number of rotatable bonds is 5. The van der Waals surface area contributed by atoms with Crippen LogP contribution in [0.25, 0.3) is 0 Å². The van der Waals surface area contributed by atoms with Crippen molar-refractivity contribution < 1.29 is 14.7 Å². The molecule has 0 aliphatic heterocycles. The third kappa shape index (κ3) is 3.83. The molecule has 0 aromatic heterocycles. The first-order valence-electron chi connectivity index (χ1n) is 6.74. The lowest BCUT2D eigenvalue weighted by Crippen LogP contribution is -2.34. The summed E-state index contributed by atoms with van der Waals surface area (Å²) < 4.78 is 0. The van der Waals surface area contributed by atoms with Crippen molar-refractivity contribution in [1.29, 1.82) is 0 Å². The van der Waals surface area contributed by atoms with Gasteiger partial charge in [-0.15, -0.1) is 0 Å². The van der Waals surface area contributed by atoms with Crippen LogP contribution in [0, 0.1) is 19.3 Å². The van der Waals surface area contributed by atoms with Crippen LogP contribution < -0.4 is 5.32 Å². The van der Waals surface area contributed by atoms with Gasteiger partial charge in [-0.2, -0.15) is 0 Å². The Morgan fingerprint density at radius 3 is 2.45 bits per heavy atom. The second kappa shape index (κ2) is 6.07. The number of benzene rings is 1. The lowest BCUT2D eigenvalue weighted by Gasteiger charge is -2.22. The Morgan fingerprint density at radius 1 is 1.30 bits per heavy atom. The molecule has 0 aliphatic carbocycles. The van der Waals surface area contributed by atoms with Crippen LogP contribution >= 0.6 is 0 Å². The van der Waals surface area contributed by atoms with Gasteiger partial charge in [0, 0.05) is 6.42 Å². The fraction of sp³-hybridized carbons (Fsp3) is 0.500. The fourth-order valence-corrected chi connectivity index (χ4v) is 2.09. The summed E-state index contributed by atoms with van der Waals surface area (Å²) in [5.41, 5.74) is 2.34. The van der Waals surface area contributed by atoms with Crippen LogP contribution in [0.15, 0.2) is 18.2 Å². The summed E-state index contributed by atoms with van der Waals surface area (Å²) in [7, 11) is 0. The van der Waals surface area contributed by atoms with Crippen molar-refractivity contribution in [2.24, 2.45) is 5.41 Å². The van der Waals surface area contributed by atoms with E-state index in [1.165, 1.54) is 5.56 Å². The summed E-state index contributed by atoms with van der Waals surface area (Å²) >= 11 is 0. The molecule has 2 N–H and O–H groups in total.